The Hall–Kier alpha value is -14.7. The summed E-state index contributed by atoms with van der Waals surface area (Å²) in [6.45, 7) is 56.9. The fourth-order valence-electron chi connectivity index (χ4n) is 12.9. The zero-order valence-corrected chi connectivity index (χ0v) is 93.4. The van der Waals surface area contributed by atoms with Crippen LogP contribution < -0.4 is 35.1 Å². The Bertz CT molecular complexity index is 5200. The molecule has 18 aromatic rings. The monoisotopic (exact) mass is 1990 g/mol. The number of nitrogens with zero attached hydrogens (tertiary/aromatic N) is 8. The number of hydrogen-bond acceptors (Lipinski definition) is 17. The molecule has 0 saturated carbocycles. The minimum Gasteiger partial charge on any atom is -0.486 e. The number of hydrogen-bond donors (Lipinski definition) is 4. The summed E-state index contributed by atoms with van der Waals surface area (Å²) in [6, 6.07) is 116. The summed E-state index contributed by atoms with van der Waals surface area (Å²) in [6.07, 6.45) is 22.2. The van der Waals surface area contributed by atoms with Crippen molar-refractivity contribution in [1.29, 1.82) is 0 Å². The SMILES string of the molecule is C1=CCC2=NONC2=C1.CC.CC.CC.CC.CC.CC.CC.CC.CC.CC.CC.CC.CC.c1ccc2c(c1)CCC2.c1ccc2c(c1)CCCN2.c1ccc2c(c1)CNC2.c1ccc2c(c1)OCCO2.c1ccc2c(c1)OCO2.c1ccc2ccccc2c1.c1ccc2cnccc2c1.c1ccc2n[nH]nc2c1.c1ccc2ncccc2c1.c1ccc2nccnc2c1.c1ccc2scnc2c1.c1ccccc1. The zero-order chi connectivity index (χ0) is 108. The van der Waals surface area contributed by atoms with Gasteiger partial charge in [-0.05, 0) is 172 Å². The maximum absolute atomic E-state index is 5.30. The van der Waals surface area contributed by atoms with Gasteiger partial charge in [-0.3, -0.25) is 24.9 Å². The number of anilines is 1. The van der Waals surface area contributed by atoms with Crippen LogP contribution in [0.5, 0.6) is 23.0 Å². The molecule has 0 fully saturated rings. The van der Waals surface area contributed by atoms with Gasteiger partial charge < -0.3 is 29.6 Å². The topological polar surface area (TPSA) is 201 Å². The normalized spacial score (nSPS) is 11.0. The summed E-state index contributed by atoms with van der Waals surface area (Å²) in [5.41, 5.74) is 21.2. The highest BCUT2D eigenvalue weighted by Gasteiger charge is 2.15. The van der Waals surface area contributed by atoms with E-state index in [4.69, 9.17) is 18.9 Å². The van der Waals surface area contributed by atoms with E-state index in [1.165, 1.54) is 86.1 Å². The molecule has 146 heavy (non-hydrogen) atoms. The Balaban J connectivity index is 0.00000153. The van der Waals surface area contributed by atoms with Crippen molar-refractivity contribution in [2.24, 2.45) is 5.16 Å². The van der Waals surface area contributed by atoms with Crippen molar-refractivity contribution in [3.63, 3.8) is 0 Å². The number of aryl methyl sites for hydroxylation is 3. The van der Waals surface area contributed by atoms with Crippen molar-refractivity contribution in [3.8, 4) is 23.0 Å². The molecule has 7 aliphatic rings. The molecule has 780 valence electrons. The van der Waals surface area contributed by atoms with Crippen LogP contribution in [0.1, 0.15) is 227 Å². The molecular formula is C128H172N12O5S. The smallest absolute Gasteiger partial charge is 0.231 e. The first-order valence-electron chi connectivity index (χ1n) is 53.0. The van der Waals surface area contributed by atoms with Crippen LogP contribution in [0, 0.1) is 0 Å². The molecular weight excluding hydrogens is 1820 g/mol. The first kappa shape index (κ1) is 131. The van der Waals surface area contributed by atoms with Gasteiger partial charge in [0.1, 0.15) is 30.0 Å². The van der Waals surface area contributed by atoms with Crippen LogP contribution in [-0.4, -0.2) is 72.6 Å². The molecule has 0 bridgehead atoms. The van der Waals surface area contributed by atoms with Gasteiger partial charge >= 0.3 is 0 Å². The van der Waals surface area contributed by atoms with E-state index in [-0.39, 0.29) is 0 Å². The van der Waals surface area contributed by atoms with Gasteiger partial charge in [-0.2, -0.15) is 20.9 Å². The number of thiazole rings is 1. The third-order valence-electron chi connectivity index (χ3n) is 19.0. The Morgan fingerprint density at radius 2 is 0.664 bits per heavy atom. The summed E-state index contributed by atoms with van der Waals surface area (Å²) in [5, 5.41) is 27.0. The van der Waals surface area contributed by atoms with E-state index in [2.05, 4.69) is 218 Å². The fraction of sp³-hybridized carbons (Fsp3) is 0.297. The number of hydroxylamine groups is 1. The van der Waals surface area contributed by atoms with Gasteiger partial charge in [0.25, 0.3) is 0 Å². The molecule has 10 heterocycles. The predicted octanol–water partition coefficient (Wildman–Crippen LogP) is 36.3. The van der Waals surface area contributed by atoms with Crippen LogP contribution in [0.3, 0.4) is 0 Å². The van der Waals surface area contributed by atoms with Gasteiger partial charge in [-0.15, -0.1) is 11.3 Å². The quantitative estimate of drug-likeness (QED) is 0.112. The molecule has 4 N–H and O–H groups in total. The lowest BCUT2D eigenvalue weighted by Gasteiger charge is -2.17. The molecule has 18 heteroatoms. The molecule has 0 unspecified atom stereocenters. The van der Waals surface area contributed by atoms with Gasteiger partial charge in [0.15, 0.2) is 23.0 Å². The lowest BCUT2D eigenvalue weighted by molar-refractivity contribution is 0.0905. The molecule has 17 nitrogen and oxygen atoms in total. The summed E-state index contributed by atoms with van der Waals surface area (Å²) in [5.74, 6) is 3.40. The maximum Gasteiger partial charge on any atom is 0.231 e. The van der Waals surface area contributed by atoms with Crippen LogP contribution in [0.25, 0.3) is 64.7 Å². The number of pyridine rings is 2. The van der Waals surface area contributed by atoms with Crippen molar-refractivity contribution in [3.05, 3.63) is 434 Å². The highest BCUT2D eigenvalue weighted by atomic mass is 32.1. The van der Waals surface area contributed by atoms with Crippen molar-refractivity contribution in [2.75, 3.05) is 31.9 Å². The molecule has 2 aliphatic carbocycles. The Labute approximate surface area is 882 Å². The first-order chi connectivity index (χ1) is 72.6. The predicted molar refractivity (Wildman–Crippen MR) is 637 cm³/mol. The van der Waals surface area contributed by atoms with E-state index in [1.807, 2.05) is 416 Å². The van der Waals surface area contributed by atoms with Crippen LogP contribution in [0.2, 0.25) is 0 Å². The minimum absolute atomic E-state index is 0.360. The number of aromatic amines is 1. The summed E-state index contributed by atoms with van der Waals surface area (Å²) in [4.78, 5) is 25.2. The van der Waals surface area contributed by atoms with Crippen LogP contribution in [-0.2, 0) is 37.3 Å². The molecule has 25 rings (SSSR count). The standard InChI is InChI=1S/C10H8.C9H11N.2C9H7N.C9H10.C8H6N2.C8H9N.C8H8O2.C7H5NS.C7H6O2.C6H5N3.C6H6N2O.C6H6.13C2H6/c1-2-6-10-8-4-3-7-9(10)5-1;2*1-2-6-9-8(4-1)5-3-7-10-9;1-2-4-9-7-10-6-5-8(9)3-1;1-2-5-9-7-3-6-8(9)4-1;1-2-4-8-7(3-1)9-5-6-10-8;1-2-4-8-6-9-5-7(8)3-1;1-2-4-8-7(3-1)9-5-6-10-8;2*1-2-4-7-6(3-1)8-5-9-7;2*1-2-4-6-5(3-1)7-9-8-6;1-2-4-6-5-3-1;13*1-2/h1-8H;1-2,4,6,10H,3,5,7H2;2*1-7H;1-2,4-5H,3,6-7H2;1-6H;1-4,9H,5-6H2;1-4H,5-6H2;1-5H;1-4H,5H2;1-4H,(H,7,8,9);1-3,7H,4H2;1-6H;13*1-2H3. The lowest BCUT2D eigenvalue weighted by Crippen LogP contribution is -2.14. The summed E-state index contributed by atoms with van der Waals surface area (Å²) >= 11 is 1.68. The van der Waals surface area contributed by atoms with E-state index in [9.17, 15) is 0 Å². The summed E-state index contributed by atoms with van der Waals surface area (Å²) in [7, 11) is 0. The third-order valence-corrected chi connectivity index (χ3v) is 19.8. The number of H-pyrrole nitrogens is 1. The molecule has 13 aromatic carbocycles. The number of benzene rings is 13. The van der Waals surface area contributed by atoms with Crippen LogP contribution in [0.4, 0.5) is 5.69 Å². The van der Waals surface area contributed by atoms with Crippen molar-refractivity contribution in [1.82, 2.24) is 51.1 Å². The third kappa shape index (κ3) is 52.5. The van der Waals surface area contributed by atoms with Gasteiger partial charge in [0.05, 0.1) is 38.0 Å². The van der Waals surface area contributed by atoms with Gasteiger partial charge in [0, 0.05) is 68.1 Å². The van der Waals surface area contributed by atoms with Gasteiger partial charge in [0.2, 0.25) is 6.79 Å². The largest absolute Gasteiger partial charge is 0.486 e. The Kier molecular flexibility index (Phi) is 83.3. The Morgan fingerprint density at radius 1 is 0.295 bits per heavy atom. The van der Waals surface area contributed by atoms with E-state index in [0.717, 1.165) is 93.6 Å². The second-order valence-corrected chi connectivity index (χ2v) is 28.1. The van der Waals surface area contributed by atoms with E-state index in [0.29, 0.717) is 20.0 Å². The molecule has 0 saturated heterocycles. The van der Waals surface area contributed by atoms with Gasteiger partial charge in [-0.25, -0.2) is 4.98 Å². The Morgan fingerprint density at radius 3 is 1.12 bits per heavy atom. The van der Waals surface area contributed by atoms with Crippen molar-refractivity contribution < 1.29 is 23.9 Å². The number of allylic oxidation sites excluding steroid dienone is 4. The molecule has 0 atom stereocenters. The van der Waals surface area contributed by atoms with Crippen molar-refractivity contribution in [2.45, 2.75) is 232 Å². The molecule has 5 aliphatic heterocycles. The minimum atomic E-state index is 0.360. The van der Waals surface area contributed by atoms with Crippen LogP contribution >= 0.6 is 11.3 Å². The first-order valence-corrected chi connectivity index (χ1v) is 53.9. The summed E-state index contributed by atoms with van der Waals surface area (Å²) < 4.78 is 22.0. The van der Waals surface area contributed by atoms with E-state index < -0.39 is 0 Å². The highest BCUT2D eigenvalue weighted by Crippen LogP contribution is 2.31. The second-order valence-electron chi connectivity index (χ2n) is 27.2. The number of ether oxygens (including phenoxy) is 4. The molecule has 0 radical (unpaired) electrons. The van der Waals surface area contributed by atoms with Crippen LogP contribution in [0.15, 0.2) is 411 Å². The molecule has 0 amide bonds. The number of aromatic nitrogens is 8. The fourth-order valence-corrected chi connectivity index (χ4v) is 13.6. The number of oxime groups is 1. The number of rotatable bonds is 0. The number of nitrogens with one attached hydrogen (secondary N) is 4. The van der Waals surface area contributed by atoms with E-state index >= 15 is 0 Å². The molecule has 5 aromatic heterocycles. The second kappa shape index (κ2) is 92.7. The average Bonchev–Trinajstić information content (AvgIpc) is 1.83. The number of para-hydroxylation sites is 11. The number of fused-ring (bicyclic) bond motifs is 12. The highest BCUT2D eigenvalue weighted by molar-refractivity contribution is 7.16. The van der Waals surface area contributed by atoms with E-state index in [1.54, 1.807) is 34.9 Å². The molecule has 0 spiro atoms. The maximum atomic E-state index is 5.30. The zero-order valence-electron chi connectivity index (χ0n) is 92.6. The lowest BCUT2D eigenvalue weighted by atomic mass is 10.0. The van der Waals surface area contributed by atoms with Crippen molar-refractivity contribution >= 4 is 87.5 Å². The van der Waals surface area contributed by atoms with Gasteiger partial charge in [-0.1, -0.05) is 458 Å². The average molecular weight is 1990 g/mol.